The summed E-state index contributed by atoms with van der Waals surface area (Å²) in [6.45, 7) is 7.24. The lowest BCUT2D eigenvalue weighted by Crippen LogP contribution is -2.49. The molecule has 0 bridgehead atoms. The number of hydrogen-bond donors (Lipinski definition) is 0. The van der Waals surface area contributed by atoms with Gasteiger partial charge in [0.25, 0.3) is 5.91 Å². The number of ether oxygens (including phenoxy) is 1. The van der Waals surface area contributed by atoms with Crippen molar-refractivity contribution in [1.29, 1.82) is 0 Å². The van der Waals surface area contributed by atoms with Crippen LogP contribution in [0.5, 0.6) is 5.75 Å². The molecule has 31 heavy (non-hydrogen) atoms. The third-order valence-electron chi connectivity index (χ3n) is 6.11. The first kappa shape index (κ1) is 21.5. The number of amides is 1. The summed E-state index contributed by atoms with van der Waals surface area (Å²) in [4.78, 5) is 17.9. The number of benzene rings is 2. The first-order valence-electron chi connectivity index (χ1n) is 10.8. The average Bonchev–Trinajstić information content (AvgIpc) is 3.25. The van der Waals surface area contributed by atoms with Gasteiger partial charge >= 0.3 is 0 Å². The van der Waals surface area contributed by atoms with E-state index in [1.165, 1.54) is 12.1 Å². The monoisotopic (exact) mass is 424 g/mol. The lowest BCUT2D eigenvalue weighted by Gasteiger charge is -2.34. The van der Waals surface area contributed by atoms with Gasteiger partial charge in [-0.3, -0.25) is 9.69 Å². The van der Waals surface area contributed by atoms with Gasteiger partial charge in [-0.2, -0.15) is 5.10 Å². The van der Waals surface area contributed by atoms with Gasteiger partial charge in [0.2, 0.25) is 0 Å². The van der Waals surface area contributed by atoms with Crippen LogP contribution >= 0.6 is 0 Å². The summed E-state index contributed by atoms with van der Waals surface area (Å²) >= 11 is 0. The number of hydrogen-bond acceptors (Lipinski definition) is 5. The van der Waals surface area contributed by atoms with E-state index in [9.17, 15) is 9.18 Å². The van der Waals surface area contributed by atoms with Crippen molar-refractivity contribution in [2.45, 2.75) is 19.4 Å². The molecule has 0 radical (unpaired) electrons. The Morgan fingerprint density at radius 3 is 2.42 bits per heavy atom. The Bertz CT molecular complexity index is 939. The SMILES string of the molecule is CCN1CCN(CC(=O)N2N=C(c3ccc(F)cc3)C[C@H]2c2ccccc2OC)CC1. The lowest BCUT2D eigenvalue weighted by molar-refractivity contribution is -0.134. The van der Waals surface area contributed by atoms with Gasteiger partial charge in [-0.25, -0.2) is 9.40 Å². The Labute approximate surface area is 182 Å². The topological polar surface area (TPSA) is 48.4 Å². The maximum Gasteiger partial charge on any atom is 0.257 e. The molecule has 1 amide bonds. The molecule has 0 saturated carbocycles. The molecule has 2 aromatic rings. The zero-order valence-corrected chi connectivity index (χ0v) is 18.1. The quantitative estimate of drug-likeness (QED) is 0.715. The summed E-state index contributed by atoms with van der Waals surface area (Å²) in [5, 5.41) is 6.30. The fraction of sp³-hybridized carbons (Fsp3) is 0.417. The molecule has 0 aliphatic carbocycles. The molecule has 1 atom stereocenters. The number of nitrogens with zero attached hydrogens (tertiary/aromatic N) is 4. The molecule has 1 fully saturated rings. The lowest BCUT2D eigenvalue weighted by atomic mass is 9.97. The summed E-state index contributed by atoms with van der Waals surface area (Å²) in [6.07, 6.45) is 0.557. The Kier molecular flexibility index (Phi) is 6.63. The van der Waals surface area contributed by atoms with Crippen molar-refractivity contribution in [3.8, 4) is 5.75 Å². The molecule has 2 heterocycles. The summed E-state index contributed by atoms with van der Waals surface area (Å²) in [5.74, 6) is 0.415. The average molecular weight is 425 g/mol. The number of rotatable bonds is 6. The highest BCUT2D eigenvalue weighted by Gasteiger charge is 2.35. The molecule has 0 N–H and O–H groups in total. The Morgan fingerprint density at radius 2 is 1.74 bits per heavy atom. The number of para-hydroxylation sites is 1. The minimum atomic E-state index is -0.289. The number of hydrazone groups is 1. The Morgan fingerprint density at radius 1 is 1.06 bits per heavy atom. The summed E-state index contributed by atoms with van der Waals surface area (Å²) in [7, 11) is 1.63. The molecule has 2 aliphatic rings. The van der Waals surface area contributed by atoms with E-state index in [0.29, 0.717) is 13.0 Å². The summed E-state index contributed by atoms with van der Waals surface area (Å²) in [6, 6.07) is 13.8. The van der Waals surface area contributed by atoms with Crippen molar-refractivity contribution in [3.63, 3.8) is 0 Å². The third-order valence-corrected chi connectivity index (χ3v) is 6.11. The highest BCUT2D eigenvalue weighted by atomic mass is 19.1. The van der Waals surface area contributed by atoms with Crippen LogP contribution in [0.15, 0.2) is 53.6 Å². The molecule has 4 rings (SSSR count). The first-order chi connectivity index (χ1) is 15.1. The second-order valence-corrected chi connectivity index (χ2v) is 7.96. The molecular formula is C24H29FN4O2. The van der Waals surface area contributed by atoms with Gasteiger partial charge < -0.3 is 9.64 Å². The van der Waals surface area contributed by atoms with Crippen LogP contribution in [0.25, 0.3) is 0 Å². The maximum absolute atomic E-state index is 13.4. The number of piperazine rings is 1. The highest BCUT2D eigenvalue weighted by Crippen LogP contribution is 2.37. The van der Waals surface area contributed by atoms with E-state index in [-0.39, 0.29) is 17.8 Å². The van der Waals surface area contributed by atoms with Crippen molar-refractivity contribution < 1.29 is 13.9 Å². The van der Waals surface area contributed by atoms with Crippen LogP contribution in [0.3, 0.4) is 0 Å². The highest BCUT2D eigenvalue weighted by molar-refractivity contribution is 6.03. The molecule has 2 aliphatic heterocycles. The minimum absolute atomic E-state index is 0.0297. The molecule has 7 heteroatoms. The second kappa shape index (κ2) is 9.58. The fourth-order valence-corrected chi connectivity index (χ4v) is 4.27. The standard InChI is InChI=1S/C24H29FN4O2/c1-3-27-12-14-28(15-13-27)17-24(30)29-22(20-6-4-5-7-23(20)31-2)16-21(26-29)18-8-10-19(25)11-9-18/h4-11,22H,3,12-17H2,1-2H3/t22-/m0/s1. The predicted molar refractivity (Wildman–Crippen MR) is 119 cm³/mol. The van der Waals surface area contributed by atoms with Gasteiger partial charge in [-0.15, -0.1) is 0 Å². The normalized spacial score (nSPS) is 20.0. The smallest absolute Gasteiger partial charge is 0.257 e. The molecule has 0 aromatic heterocycles. The Hall–Kier alpha value is -2.77. The van der Waals surface area contributed by atoms with Gasteiger partial charge in [-0.1, -0.05) is 37.3 Å². The van der Waals surface area contributed by atoms with E-state index in [2.05, 4.69) is 16.7 Å². The first-order valence-corrected chi connectivity index (χ1v) is 10.8. The Balaban J connectivity index is 1.58. The van der Waals surface area contributed by atoms with Crippen LogP contribution in [0.2, 0.25) is 0 Å². The molecule has 164 valence electrons. The van der Waals surface area contributed by atoms with Gasteiger partial charge in [0.15, 0.2) is 0 Å². The van der Waals surface area contributed by atoms with Crippen LogP contribution < -0.4 is 4.74 Å². The largest absolute Gasteiger partial charge is 0.496 e. The summed E-state index contributed by atoms with van der Waals surface area (Å²) < 4.78 is 19.0. The molecule has 0 unspecified atom stereocenters. The van der Waals surface area contributed by atoms with E-state index in [1.807, 2.05) is 24.3 Å². The van der Waals surface area contributed by atoms with Gasteiger partial charge in [0.1, 0.15) is 11.6 Å². The maximum atomic E-state index is 13.4. The van der Waals surface area contributed by atoms with Crippen LogP contribution in [-0.4, -0.2) is 72.8 Å². The van der Waals surface area contributed by atoms with E-state index < -0.39 is 0 Å². The van der Waals surface area contributed by atoms with Gasteiger partial charge in [0, 0.05) is 38.2 Å². The molecule has 0 spiro atoms. The van der Waals surface area contributed by atoms with Crippen LogP contribution in [0.1, 0.15) is 30.5 Å². The van der Waals surface area contributed by atoms with Crippen molar-refractivity contribution in [1.82, 2.24) is 14.8 Å². The van der Waals surface area contributed by atoms with Crippen LogP contribution in [0, 0.1) is 5.82 Å². The number of carbonyl (C=O) groups is 1. The van der Waals surface area contributed by atoms with E-state index in [1.54, 1.807) is 24.3 Å². The minimum Gasteiger partial charge on any atom is -0.496 e. The van der Waals surface area contributed by atoms with Crippen molar-refractivity contribution in [3.05, 3.63) is 65.5 Å². The van der Waals surface area contributed by atoms with E-state index >= 15 is 0 Å². The van der Waals surface area contributed by atoms with E-state index in [4.69, 9.17) is 9.84 Å². The molecular weight excluding hydrogens is 395 g/mol. The third kappa shape index (κ3) is 4.78. The zero-order chi connectivity index (χ0) is 21.8. The van der Waals surface area contributed by atoms with E-state index in [0.717, 1.165) is 55.3 Å². The molecule has 1 saturated heterocycles. The van der Waals surface area contributed by atoms with Crippen molar-refractivity contribution in [2.75, 3.05) is 46.4 Å². The fourth-order valence-electron chi connectivity index (χ4n) is 4.27. The van der Waals surface area contributed by atoms with Crippen LogP contribution in [0.4, 0.5) is 4.39 Å². The molecule has 2 aromatic carbocycles. The number of methoxy groups -OCH3 is 1. The van der Waals surface area contributed by atoms with Crippen molar-refractivity contribution in [2.24, 2.45) is 5.10 Å². The van der Waals surface area contributed by atoms with Gasteiger partial charge in [-0.05, 0) is 30.3 Å². The second-order valence-electron chi connectivity index (χ2n) is 7.96. The van der Waals surface area contributed by atoms with Crippen molar-refractivity contribution >= 4 is 11.6 Å². The zero-order valence-electron chi connectivity index (χ0n) is 18.1. The summed E-state index contributed by atoms with van der Waals surface area (Å²) in [5.41, 5.74) is 2.53. The number of likely N-dealkylation sites (N-methyl/N-ethyl adjacent to an activating group) is 1. The predicted octanol–water partition coefficient (Wildman–Crippen LogP) is 3.15. The molecule has 6 nitrogen and oxygen atoms in total. The number of carbonyl (C=O) groups excluding carboxylic acids is 1. The number of halogens is 1. The van der Waals surface area contributed by atoms with Gasteiger partial charge in [0.05, 0.1) is 25.4 Å². The van der Waals surface area contributed by atoms with Crippen LogP contribution in [-0.2, 0) is 4.79 Å².